The molecular weight excluding hydrogens is 266 g/mol. The highest BCUT2D eigenvalue weighted by atomic mass is 32.2. The Labute approximate surface area is 113 Å². The topological polar surface area (TPSA) is 86.9 Å². The Morgan fingerprint density at radius 1 is 1.26 bits per heavy atom. The molecule has 2 rings (SSSR count). The van der Waals surface area contributed by atoms with Crippen molar-refractivity contribution in [3.8, 4) is 0 Å². The Morgan fingerprint density at radius 3 is 2.42 bits per heavy atom. The molecule has 0 bridgehead atoms. The van der Waals surface area contributed by atoms with Crippen molar-refractivity contribution in [3.05, 3.63) is 23.8 Å². The van der Waals surface area contributed by atoms with Crippen molar-refractivity contribution in [3.63, 3.8) is 0 Å². The standard InChI is InChI=1S/C12H19N3O3S/c1-19(17,18)15-6-4-14(5-7-15)12-3-2-11(13)8-10(12)9-16/h2-3,8,16H,4-7,9,13H2,1H3. The van der Waals surface area contributed by atoms with Crippen molar-refractivity contribution in [1.29, 1.82) is 0 Å². The van der Waals surface area contributed by atoms with Crippen LogP contribution in [-0.4, -0.2) is 50.3 Å². The highest BCUT2D eigenvalue weighted by Crippen LogP contribution is 2.24. The van der Waals surface area contributed by atoms with E-state index >= 15 is 0 Å². The molecule has 0 spiro atoms. The van der Waals surface area contributed by atoms with Gasteiger partial charge in [-0.2, -0.15) is 4.31 Å². The third-order valence-corrected chi connectivity index (χ3v) is 4.63. The van der Waals surface area contributed by atoms with Gasteiger partial charge in [0.2, 0.25) is 10.0 Å². The van der Waals surface area contributed by atoms with Crippen LogP contribution in [0.3, 0.4) is 0 Å². The average Bonchev–Trinajstić information content (AvgIpc) is 2.37. The number of piperazine rings is 1. The van der Waals surface area contributed by atoms with Gasteiger partial charge in [0.25, 0.3) is 0 Å². The lowest BCUT2D eigenvalue weighted by atomic mass is 10.1. The highest BCUT2D eigenvalue weighted by molar-refractivity contribution is 7.88. The Bertz CT molecular complexity index is 551. The first kappa shape index (κ1) is 14.1. The molecule has 1 aromatic rings. The number of hydrogen-bond acceptors (Lipinski definition) is 5. The second kappa shape index (κ2) is 5.36. The van der Waals surface area contributed by atoms with E-state index in [1.165, 1.54) is 10.6 Å². The summed E-state index contributed by atoms with van der Waals surface area (Å²) < 4.78 is 24.4. The predicted octanol–water partition coefficient (Wildman–Crippen LogP) is -0.157. The summed E-state index contributed by atoms with van der Waals surface area (Å²) in [5.74, 6) is 0. The van der Waals surface area contributed by atoms with Crippen LogP contribution in [-0.2, 0) is 16.6 Å². The minimum absolute atomic E-state index is 0.0767. The molecular formula is C12H19N3O3S. The minimum atomic E-state index is -3.12. The van der Waals surface area contributed by atoms with E-state index in [1.54, 1.807) is 12.1 Å². The second-order valence-electron chi connectivity index (χ2n) is 4.70. The fraction of sp³-hybridized carbons (Fsp3) is 0.500. The maximum Gasteiger partial charge on any atom is 0.211 e. The first-order valence-corrected chi connectivity index (χ1v) is 7.96. The van der Waals surface area contributed by atoms with Crippen LogP contribution in [0.15, 0.2) is 18.2 Å². The van der Waals surface area contributed by atoms with E-state index in [-0.39, 0.29) is 6.61 Å². The molecule has 19 heavy (non-hydrogen) atoms. The van der Waals surface area contributed by atoms with Crippen molar-refractivity contribution < 1.29 is 13.5 Å². The third-order valence-electron chi connectivity index (χ3n) is 3.32. The normalized spacial score (nSPS) is 17.7. The summed E-state index contributed by atoms with van der Waals surface area (Å²) in [4.78, 5) is 2.08. The summed E-state index contributed by atoms with van der Waals surface area (Å²) in [6.07, 6.45) is 1.23. The number of rotatable bonds is 3. The predicted molar refractivity (Wildman–Crippen MR) is 75.4 cm³/mol. The number of hydrogen-bond donors (Lipinski definition) is 2. The van der Waals surface area contributed by atoms with Crippen LogP contribution in [0.5, 0.6) is 0 Å². The van der Waals surface area contributed by atoms with Crippen LogP contribution in [0.4, 0.5) is 11.4 Å². The molecule has 106 valence electrons. The van der Waals surface area contributed by atoms with Gasteiger partial charge in [-0.05, 0) is 18.2 Å². The minimum Gasteiger partial charge on any atom is -0.399 e. The van der Waals surface area contributed by atoms with Gasteiger partial charge in [0.1, 0.15) is 0 Å². The van der Waals surface area contributed by atoms with Gasteiger partial charge >= 0.3 is 0 Å². The molecule has 1 saturated heterocycles. The second-order valence-corrected chi connectivity index (χ2v) is 6.68. The molecule has 0 amide bonds. The summed E-state index contributed by atoms with van der Waals surface area (Å²) in [5, 5.41) is 9.37. The van der Waals surface area contributed by atoms with Crippen LogP contribution in [0.25, 0.3) is 0 Å². The molecule has 0 radical (unpaired) electrons. The monoisotopic (exact) mass is 285 g/mol. The molecule has 6 nitrogen and oxygen atoms in total. The van der Waals surface area contributed by atoms with Crippen LogP contribution >= 0.6 is 0 Å². The Hall–Kier alpha value is -1.31. The fourth-order valence-corrected chi connectivity index (χ4v) is 3.13. The molecule has 0 saturated carbocycles. The molecule has 0 atom stereocenters. The molecule has 3 N–H and O–H groups in total. The summed E-state index contributed by atoms with van der Waals surface area (Å²) in [5.41, 5.74) is 8.00. The van der Waals surface area contributed by atoms with E-state index in [1.807, 2.05) is 6.07 Å². The van der Waals surface area contributed by atoms with Gasteiger partial charge in [0, 0.05) is 43.1 Å². The summed E-state index contributed by atoms with van der Waals surface area (Å²) in [6, 6.07) is 5.41. The van der Waals surface area contributed by atoms with E-state index in [9.17, 15) is 13.5 Å². The number of aliphatic hydroxyl groups is 1. The largest absolute Gasteiger partial charge is 0.399 e. The number of sulfonamides is 1. The van der Waals surface area contributed by atoms with Crippen molar-refractivity contribution in [2.24, 2.45) is 0 Å². The maximum atomic E-state index is 11.4. The summed E-state index contributed by atoms with van der Waals surface area (Å²) >= 11 is 0. The Kier molecular flexibility index (Phi) is 3.98. The van der Waals surface area contributed by atoms with Crippen LogP contribution in [0, 0.1) is 0 Å². The number of aliphatic hydroxyl groups excluding tert-OH is 1. The molecule has 1 aliphatic heterocycles. The van der Waals surface area contributed by atoms with Gasteiger partial charge in [-0.1, -0.05) is 0 Å². The molecule has 7 heteroatoms. The third kappa shape index (κ3) is 3.17. The van der Waals surface area contributed by atoms with Crippen molar-refractivity contribution >= 4 is 21.4 Å². The van der Waals surface area contributed by atoms with Gasteiger partial charge < -0.3 is 15.7 Å². The molecule has 1 aliphatic rings. The van der Waals surface area contributed by atoms with Crippen molar-refractivity contribution in [2.75, 3.05) is 43.1 Å². The number of nitrogens with two attached hydrogens (primary N) is 1. The van der Waals surface area contributed by atoms with Crippen LogP contribution in [0.1, 0.15) is 5.56 Å². The van der Waals surface area contributed by atoms with Crippen molar-refractivity contribution in [2.45, 2.75) is 6.61 Å². The summed E-state index contributed by atoms with van der Waals surface area (Å²) in [6.45, 7) is 2.09. The smallest absolute Gasteiger partial charge is 0.211 e. The Morgan fingerprint density at radius 2 is 1.89 bits per heavy atom. The Balaban J connectivity index is 2.14. The zero-order valence-electron chi connectivity index (χ0n) is 10.9. The lowest BCUT2D eigenvalue weighted by Crippen LogP contribution is -2.48. The van der Waals surface area contributed by atoms with Gasteiger partial charge in [-0.15, -0.1) is 0 Å². The first-order chi connectivity index (χ1) is 8.91. The zero-order chi connectivity index (χ0) is 14.0. The van der Waals surface area contributed by atoms with Gasteiger partial charge in [0.05, 0.1) is 12.9 Å². The van der Waals surface area contributed by atoms with Gasteiger partial charge in [-0.25, -0.2) is 8.42 Å². The van der Waals surface area contributed by atoms with E-state index in [0.29, 0.717) is 31.9 Å². The molecule has 1 heterocycles. The maximum absolute atomic E-state index is 11.4. The zero-order valence-corrected chi connectivity index (χ0v) is 11.7. The average molecular weight is 285 g/mol. The molecule has 1 aromatic carbocycles. The van der Waals surface area contributed by atoms with E-state index in [2.05, 4.69) is 4.90 Å². The SMILES string of the molecule is CS(=O)(=O)N1CCN(c2ccc(N)cc2CO)CC1. The van der Waals surface area contributed by atoms with Crippen LogP contribution in [0.2, 0.25) is 0 Å². The van der Waals surface area contributed by atoms with Crippen molar-refractivity contribution in [1.82, 2.24) is 4.31 Å². The molecule has 0 aliphatic carbocycles. The van der Waals surface area contributed by atoms with E-state index in [4.69, 9.17) is 5.73 Å². The summed E-state index contributed by atoms with van der Waals surface area (Å²) in [7, 11) is -3.12. The number of nitrogen functional groups attached to an aromatic ring is 1. The number of anilines is 2. The fourth-order valence-electron chi connectivity index (χ4n) is 2.30. The van der Waals surface area contributed by atoms with Gasteiger partial charge in [0.15, 0.2) is 0 Å². The quantitative estimate of drug-likeness (QED) is 0.754. The first-order valence-electron chi connectivity index (χ1n) is 6.11. The van der Waals surface area contributed by atoms with E-state index < -0.39 is 10.0 Å². The van der Waals surface area contributed by atoms with Crippen LogP contribution < -0.4 is 10.6 Å². The number of benzene rings is 1. The molecule has 1 fully saturated rings. The van der Waals surface area contributed by atoms with E-state index in [0.717, 1.165) is 11.3 Å². The molecule has 0 aromatic heterocycles. The number of nitrogens with zero attached hydrogens (tertiary/aromatic N) is 2. The highest BCUT2D eigenvalue weighted by Gasteiger charge is 2.24. The lowest BCUT2D eigenvalue weighted by Gasteiger charge is -2.35. The molecule has 0 unspecified atom stereocenters. The lowest BCUT2D eigenvalue weighted by molar-refractivity contribution is 0.281. The van der Waals surface area contributed by atoms with Gasteiger partial charge in [-0.3, -0.25) is 0 Å².